The number of aromatic hydroxyl groups is 1. The second-order valence-corrected chi connectivity index (χ2v) is 9.90. The van der Waals surface area contributed by atoms with Crippen molar-refractivity contribution >= 4 is 23.7 Å². The third-order valence-corrected chi connectivity index (χ3v) is 6.88. The molecule has 0 radical (unpaired) electrons. The summed E-state index contributed by atoms with van der Waals surface area (Å²) in [5, 5.41) is 27.2. The standard InChI is InChI=1S/C27H45N5O6/c1-5-16(3)22(25(35)30-21(27(37)38)15-18-10-12-19(33)13-11-18)32-26(36)23(17(4)6-2)31-24(34)20(29)9-7-8-14-28/h10-13,16-17,20-23,33H,5-9,14-15,28-29H2,1-4H3,(H,30,35)(H,31,34)(H,32,36)(H,37,38). The molecule has 0 heterocycles. The van der Waals surface area contributed by atoms with E-state index in [1.54, 1.807) is 19.1 Å². The molecule has 9 N–H and O–H groups in total. The van der Waals surface area contributed by atoms with Crippen molar-refractivity contribution in [2.24, 2.45) is 23.3 Å². The average molecular weight is 536 g/mol. The third-order valence-electron chi connectivity index (χ3n) is 6.88. The van der Waals surface area contributed by atoms with Crippen molar-refractivity contribution in [1.82, 2.24) is 16.0 Å². The summed E-state index contributed by atoms with van der Waals surface area (Å²) in [6.45, 7) is 7.85. The molecule has 0 fully saturated rings. The van der Waals surface area contributed by atoms with Gasteiger partial charge in [0, 0.05) is 6.42 Å². The molecule has 11 heteroatoms. The summed E-state index contributed by atoms with van der Waals surface area (Å²) >= 11 is 0. The van der Waals surface area contributed by atoms with Gasteiger partial charge >= 0.3 is 5.97 Å². The topological polar surface area (TPSA) is 197 Å². The Bertz CT molecular complexity index is 910. The van der Waals surface area contributed by atoms with Gasteiger partial charge in [0.25, 0.3) is 0 Å². The fraction of sp³-hybridized carbons (Fsp3) is 0.630. The zero-order valence-corrected chi connectivity index (χ0v) is 22.9. The number of phenolic OH excluding ortho intramolecular Hbond substituents is 1. The first-order chi connectivity index (χ1) is 17.9. The Labute approximate surface area is 225 Å². The van der Waals surface area contributed by atoms with Gasteiger partial charge in [0.05, 0.1) is 6.04 Å². The minimum absolute atomic E-state index is 0.00385. The number of hydrogen-bond donors (Lipinski definition) is 7. The number of nitrogens with one attached hydrogen (secondary N) is 3. The Morgan fingerprint density at radius 2 is 1.34 bits per heavy atom. The maximum Gasteiger partial charge on any atom is 0.326 e. The fourth-order valence-electron chi connectivity index (χ4n) is 3.88. The van der Waals surface area contributed by atoms with Crippen LogP contribution < -0.4 is 27.4 Å². The van der Waals surface area contributed by atoms with Crippen molar-refractivity contribution in [3.63, 3.8) is 0 Å². The molecular weight excluding hydrogens is 490 g/mol. The molecule has 3 amide bonds. The van der Waals surface area contributed by atoms with E-state index in [2.05, 4.69) is 16.0 Å². The van der Waals surface area contributed by atoms with E-state index < -0.39 is 47.9 Å². The summed E-state index contributed by atoms with van der Waals surface area (Å²) in [7, 11) is 0. The highest BCUT2D eigenvalue weighted by atomic mass is 16.4. The minimum atomic E-state index is -1.24. The van der Waals surface area contributed by atoms with E-state index in [9.17, 15) is 29.4 Å². The van der Waals surface area contributed by atoms with E-state index in [4.69, 9.17) is 11.5 Å². The molecule has 6 unspecified atom stereocenters. The van der Waals surface area contributed by atoms with Gasteiger partial charge in [0.2, 0.25) is 17.7 Å². The quantitative estimate of drug-likeness (QED) is 0.143. The number of aliphatic carboxylic acids is 1. The number of hydrogen-bond acceptors (Lipinski definition) is 7. The predicted molar refractivity (Wildman–Crippen MR) is 145 cm³/mol. The number of carboxylic acid groups (broad SMARTS) is 1. The molecule has 0 saturated carbocycles. The summed E-state index contributed by atoms with van der Waals surface area (Å²) in [5.41, 5.74) is 12.1. The Morgan fingerprint density at radius 1 is 0.842 bits per heavy atom. The van der Waals surface area contributed by atoms with Crippen molar-refractivity contribution in [2.45, 2.75) is 90.4 Å². The summed E-state index contributed by atoms with van der Waals surface area (Å²) in [6, 6.07) is 2.06. The van der Waals surface area contributed by atoms with Crippen molar-refractivity contribution < 1.29 is 29.4 Å². The number of carbonyl (C=O) groups is 4. The van der Waals surface area contributed by atoms with Crippen LogP contribution in [-0.2, 0) is 25.6 Å². The lowest BCUT2D eigenvalue weighted by molar-refractivity contribution is -0.142. The van der Waals surface area contributed by atoms with Crippen LogP contribution in [-0.4, -0.2) is 64.6 Å². The molecule has 0 aliphatic rings. The third kappa shape index (κ3) is 10.7. The summed E-state index contributed by atoms with van der Waals surface area (Å²) in [6.07, 6.45) is 3.00. The molecule has 0 aromatic heterocycles. The van der Waals surface area contributed by atoms with Crippen LogP contribution in [0, 0.1) is 11.8 Å². The summed E-state index contributed by atoms with van der Waals surface area (Å²) < 4.78 is 0. The van der Waals surface area contributed by atoms with Crippen LogP contribution in [0.1, 0.15) is 65.4 Å². The predicted octanol–water partition coefficient (Wildman–Crippen LogP) is 1.02. The first kappa shape index (κ1) is 32.8. The minimum Gasteiger partial charge on any atom is -0.508 e. The lowest BCUT2D eigenvalue weighted by Gasteiger charge is -2.30. The van der Waals surface area contributed by atoms with Crippen molar-refractivity contribution in [3.8, 4) is 5.75 Å². The summed E-state index contributed by atoms with van der Waals surface area (Å²) in [5.74, 6) is -3.35. The second kappa shape index (κ2) is 16.6. The number of benzene rings is 1. The molecule has 1 aromatic carbocycles. The van der Waals surface area contributed by atoms with Gasteiger partial charge in [0.15, 0.2) is 0 Å². The zero-order chi connectivity index (χ0) is 28.8. The zero-order valence-electron chi connectivity index (χ0n) is 22.9. The van der Waals surface area contributed by atoms with E-state index in [0.717, 1.165) is 6.42 Å². The van der Waals surface area contributed by atoms with E-state index in [-0.39, 0.29) is 24.0 Å². The maximum atomic E-state index is 13.3. The number of amides is 3. The molecule has 38 heavy (non-hydrogen) atoms. The van der Waals surface area contributed by atoms with Gasteiger partial charge in [-0.05, 0) is 48.9 Å². The van der Waals surface area contributed by atoms with Crippen LogP contribution in [0.5, 0.6) is 5.75 Å². The normalized spacial score (nSPS) is 15.8. The Balaban J connectivity index is 3.02. The Morgan fingerprint density at radius 3 is 1.82 bits per heavy atom. The number of unbranched alkanes of at least 4 members (excludes halogenated alkanes) is 1. The SMILES string of the molecule is CCC(C)C(NC(=O)C(N)CCCCN)C(=O)NC(C(=O)NC(Cc1ccc(O)cc1)C(=O)O)C(C)CC. The number of carbonyl (C=O) groups excluding carboxylic acids is 3. The molecular formula is C27H45N5O6. The van der Waals surface area contributed by atoms with Crippen LogP contribution >= 0.6 is 0 Å². The van der Waals surface area contributed by atoms with Crippen LogP contribution in [0.4, 0.5) is 0 Å². The smallest absolute Gasteiger partial charge is 0.326 e. The maximum absolute atomic E-state index is 13.3. The summed E-state index contributed by atoms with van der Waals surface area (Å²) in [4.78, 5) is 51.1. The van der Waals surface area contributed by atoms with Gasteiger partial charge in [-0.15, -0.1) is 0 Å². The molecule has 0 aliphatic heterocycles. The number of nitrogens with two attached hydrogens (primary N) is 2. The van der Waals surface area contributed by atoms with Gasteiger partial charge in [-0.3, -0.25) is 14.4 Å². The molecule has 0 spiro atoms. The number of phenols is 1. The fourth-order valence-corrected chi connectivity index (χ4v) is 3.88. The lowest BCUT2D eigenvalue weighted by Crippen LogP contribution is -2.60. The van der Waals surface area contributed by atoms with Crippen molar-refractivity contribution in [3.05, 3.63) is 29.8 Å². The van der Waals surface area contributed by atoms with Crippen molar-refractivity contribution in [1.29, 1.82) is 0 Å². The largest absolute Gasteiger partial charge is 0.508 e. The van der Waals surface area contributed by atoms with Gasteiger partial charge in [-0.2, -0.15) is 0 Å². The van der Waals surface area contributed by atoms with E-state index in [1.165, 1.54) is 12.1 Å². The molecule has 214 valence electrons. The monoisotopic (exact) mass is 535 g/mol. The second-order valence-electron chi connectivity index (χ2n) is 9.90. The van der Waals surface area contributed by atoms with Crippen LogP contribution in [0.25, 0.3) is 0 Å². The van der Waals surface area contributed by atoms with E-state index in [0.29, 0.717) is 37.8 Å². The van der Waals surface area contributed by atoms with Gasteiger partial charge in [-0.1, -0.05) is 59.1 Å². The Kier molecular flexibility index (Phi) is 14.4. The molecule has 0 saturated heterocycles. The molecule has 0 aliphatic carbocycles. The van der Waals surface area contributed by atoms with E-state index in [1.807, 2.05) is 20.8 Å². The molecule has 1 rings (SSSR count). The molecule has 0 bridgehead atoms. The van der Waals surface area contributed by atoms with Gasteiger partial charge in [0.1, 0.15) is 23.9 Å². The molecule has 11 nitrogen and oxygen atoms in total. The number of carboxylic acids is 1. The van der Waals surface area contributed by atoms with Crippen LogP contribution in [0.3, 0.4) is 0 Å². The molecule has 1 aromatic rings. The Hall–Kier alpha value is -3.18. The lowest BCUT2D eigenvalue weighted by atomic mass is 9.94. The van der Waals surface area contributed by atoms with Gasteiger partial charge < -0.3 is 37.6 Å². The highest BCUT2D eigenvalue weighted by molar-refractivity contribution is 5.94. The average Bonchev–Trinajstić information content (AvgIpc) is 2.89. The van der Waals surface area contributed by atoms with Crippen molar-refractivity contribution in [2.75, 3.05) is 6.54 Å². The van der Waals surface area contributed by atoms with Crippen LogP contribution in [0.15, 0.2) is 24.3 Å². The van der Waals surface area contributed by atoms with Gasteiger partial charge in [-0.25, -0.2) is 4.79 Å². The first-order valence-corrected chi connectivity index (χ1v) is 13.3. The molecule has 6 atom stereocenters. The highest BCUT2D eigenvalue weighted by Crippen LogP contribution is 2.15. The highest BCUT2D eigenvalue weighted by Gasteiger charge is 2.34. The van der Waals surface area contributed by atoms with Crippen LogP contribution in [0.2, 0.25) is 0 Å². The first-order valence-electron chi connectivity index (χ1n) is 13.3. The van der Waals surface area contributed by atoms with E-state index >= 15 is 0 Å². The number of rotatable bonds is 17.